The molecule has 2 heterocycles. The van der Waals surface area contributed by atoms with Crippen LogP contribution in [-0.4, -0.2) is 13.9 Å². The van der Waals surface area contributed by atoms with Gasteiger partial charge in [0.05, 0.1) is 23.1 Å². The van der Waals surface area contributed by atoms with Crippen molar-refractivity contribution in [2.75, 3.05) is 5.32 Å². The van der Waals surface area contributed by atoms with Gasteiger partial charge >= 0.3 is 0 Å². The fraction of sp³-hybridized carbons (Fsp3) is 0.0556. The Morgan fingerprint density at radius 1 is 1.08 bits per heavy atom. The number of benzene rings is 2. The minimum absolute atomic E-state index is 0.0763. The molecule has 118 valence electrons. The van der Waals surface area contributed by atoms with E-state index in [-0.39, 0.29) is 5.56 Å². The highest BCUT2D eigenvalue weighted by atomic mass is 32.1. The molecule has 5 nitrogen and oxygen atoms in total. The van der Waals surface area contributed by atoms with E-state index in [1.54, 1.807) is 17.1 Å². The minimum Gasteiger partial charge on any atom is -0.380 e. The second-order valence-electron chi connectivity index (χ2n) is 5.32. The van der Waals surface area contributed by atoms with Crippen LogP contribution in [0.2, 0.25) is 0 Å². The predicted molar refractivity (Wildman–Crippen MR) is 96.8 cm³/mol. The van der Waals surface area contributed by atoms with E-state index in [9.17, 15) is 4.79 Å². The van der Waals surface area contributed by atoms with Crippen LogP contribution in [0.1, 0.15) is 4.88 Å². The van der Waals surface area contributed by atoms with Crippen LogP contribution in [0.3, 0.4) is 0 Å². The second-order valence-corrected chi connectivity index (χ2v) is 6.24. The molecule has 0 aliphatic heterocycles. The number of fused-ring (bicyclic) bond motifs is 1. The molecule has 1 N–H and O–H groups in total. The van der Waals surface area contributed by atoms with Crippen molar-refractivity contribution in [1.29, 1.82) is 0 Å². The average Bonchev–Trinajstić information content (AvgIpc) is 3.15. The Kier molecular flexibility index (Phi) is 3.80. The maximum atomic E-state index is 12.8. The maximum Gasteiger partial charge on any atom is 0.265 e. The molecule has 24 heavy (non-hydrogen) atoms. The molecule has 0 bridgehead atoms. The van der Waals surface area contributed by atoms with Gasteiger partial charge in [-0.2, -0.15) is 0 Å². The number of aromatic nitrogens is 3. The van der Waals surface area contributed by atoms with Crippen molar-refractivity contribution in [3.63, 3.8) is 0 Å². The summed E-state index contributed by atoms with van der Waals surface area (Å²) < 4.78 is 5.65. The third-order valence-corrected chi connectivity index (χ3v) is 4.49. The van der Waals surface area contributed by atoms with Crippen molar-refractivity contribution in [1.82, 2.24) is 13.9 Å². The normalized spacial score (nSPS) is 10.8. The molecule has 0 fully saturated rings. The highest BCUT2D eigenvalue weighted by molar-refractivity contribution is 7.05. The summed E-state index contributed by atoms with van der Waals surface area (Å²) in [5.41, 5.74) is 2.31. The van der Waals surface area contributed by atoms with Crippen molar-refractivity contribution in [2.24, 2.45) is 0 Å². The SMILES string of the molecule is O=c1c2cc(NCc3ccns3)ccc2ncn1-c1ccccc1. The van der Waals surface area contributed by atoms with E-state index >= 15 is 0 Å². The summed E-state index contributed by atoms with van der Waals surface area (Å²) in [4.78, 5) is 18.3. The van der Waals surface area contributed by atoms with Gasteiger partial charge in [0.25, 0.3) is 5.56 Å². The third kappa shape index (κ3) is 2.79. The first kappa shape index (κ1) is 14.6. The average molecular weight is 334 g/mol. The lowest BCUT2D eigenvalue weighted by Crippen LogP contribution is -2.18. The minimum atomic E-state index is -0.0763. The van der Waals surface area contributed by atoms with E-state index < -0.39 is 0 Å². The van der Waals surface area contributed by atoms with Crippen LogP contribution >= 0.6 is 11.5 Å². The van der Waals surface area contributed by atoms with Gasteiger partial charge in [0, 0.05) is 16.8 Å². The molecule has 2 aromatic heterocycles. The first-order chi connectivity index (χ1) is 11.8. The van der Waals surface area contributed by atoms with Gasteiger partial charge in [0.1, 0.15) is 6.33 Å². The van der Waals surface area contributed by atoms with Crippen LogP contribution in [0.5, 0.6) is 0 Å². The summed E-state index contributed by atoms with van der Waals surface area (Å²) in [6.45, 7) is 0.684. The van der Waals surface area contributed by atoms with E-state index in [2.05, 4.69) is 14.7 Å². The van der Waals surface area contributed by atoms with E-state index in [4.69, 9.17) is 0 Å². The van der Waals surface area contributed by atoms with Crippen LogP contribution in [0, 0.1) is 0 Å². The highest BCUT2D eigenvalue weighted by Gasteiger charge is 2.07. The molecule has 4 rings (SSSR count). The quantitative estimate of drug-likeness (QED) is 0.621. The predicted octanol–water partition coefficient (Wildman–Crippen LogP) is 3.45. The van der Waals surface area contributed by atoms with Gasteiger partial charge in [-0.05, 0) is 47.9 Å². The lowest BCUT2D eigenvalue weighted by molar-refractivity contribution is 0.963. The van der Waals surface area contributed by atoms with Gasteiger partial charge in [-0.1, -0.05) is 18.2 Å². The van der Waals surface area contributed by atoms with Crippen LogP contribution in [0.15, 0.2) is 71.9 Å². The molecule has 0 saturated heterocycles. The van der Waals surface area contributed by atoms with Crippen molar-refractivity contribution in [3.8, 4) is 5.69 Å². The van der Waals surface area contributed by atoms with E-state index in [1.165, 1.54) is 11.5 Å². The van der Waals surface area contributed by atoms with Crippen LogP contribution in [0.4, 0.5) is 5.69 Å². The monoisotopic (exact) mass is 334 g/mol. The molecule has 0 spiro atoms. The number of rotatable bonds is 4. The van der Waals surface area contributed by atoms with E-state index in [1.807, 2.05) is 54.6 Å². The molecule has 0 unspecified atom stereocenters. The zero-order valence-corrected chi connectivity index (χ0v) is 13.5. The number of hydrogen-bond acceptors (Lipinski definition) is 5. The molecule has 6 heteroatoms. The zero-order chi connectivity index (χ0) is 16.4. The first-order valence-electron chi connectivity index (χ1n) is 7.51. The number of hydrogen-bond donors (Lipinski definition) is 1. The largest absolute Gasteiger partial charge is 0.380 e. The van der Waals surface area contributed by atoms with Crippen molar-refractivity contribution >= 4 is 28.1 Å². The van der Waals surface area contributed by atoms with Crippen LogP contribution in [0.25, 0.3) is 16.6 Å². The molecule has 0 saturated carbocycles. The fourth-order valence-corrected chi connectivity index (χ4v) is 3.04. The highest BCUT2D eigenvalue weighted by Crippen LogP contribution is 2.17. The summed E-state index contributed by atoms with van der Waals surface area (Å²) >= 11 is 1.46. The second kappa shape index (κ2) is 6.25. The molecule has 0 atom stereocenters. The van der Waals surface area contributed by atoms with Crippen LogP contribution in [-0.2, 0) is 6.54 Å². The standard InChI is InChI=1S/C18H14N4OS/c23-18-16-10-13(19-11-15-8-9-21-24-15)6-7-17(16)20-12-22(18)14-4-2-1-3-5-14/h1-10,12,19H,11H2. The van der Waals surface area contributed by atoms with Crippen molar-refractivity contribution < 1.29 is 0 Å². The van der Waals surface area contributed by atoms with Gasteiger partial charge in [-0.3, -0.25) is 9.36 Å². The number of nitrogens with one attached hydrogen (secondary N) is 1. The Labute approximate surface area is 142 Å². The van der Waals surface area contributed by atoms with Gasteiger partial charge in [0.2, 0.25) is 0 Å². The molecule has 0 radical (unpaired) electrons. The molecule has 2 aromatic carbocycles. The van der Waals surface area contributed by atoms with Crippen molar-refractivity contribution in [2.45, 2.75) is 6.54 Å². The number of anilines is 1. The number of nitrogens with zero attached hydrogens (tertiary/aromatic N) is 3. The Hall–Kier alpha value is -2.99. The smallest absolute Gasteiger partial charge is 0.265 e. The zero-order valence-electron chi connectivity index (χ0n) is 12.7. The van der Waals surface area contributed by atoms with Gasteiger partial charge < -0.3 is 5.32 Å². The summed E-state index contributed by atoms with van der Waals surface area (Å²) in [6.07, 6.45) is 3.36. The summed E-state index contributed by atoms with van der Waals surface area (Å²) in [5, 5.41) is 3.91. The summed E-state index contributed by atoms with van der Waals surface area (Å²) in [5.74, 6) is 0. The first-order valence-corrected chi connectivity index (χ1v) is 8.29. The lowest BCUT2D eigenvalue weighted by atomic mass is 10.2. The Morgan fingerprint density at radius 3 is 2.75 bits per heavy atom. The van der Waals surface area contributed by atoms with Crippen LogP contribution < -0.4 is 10.9 Å². The molecule has 0 aliphatic carbocycles. The molecule has 0 aliphatic rings. The Morgan fingerprint density at radius 2 is 1.96 bits per heavy atom. The molecule has 0 amide bonds. The summed E-state index contributed by atoms with van der Waals surface area (Å²) in [7, 11) is 0. The molecule has 4 aromatic rings. The number of para-hydroxylation sites is 1. The lowest BCUT2D eigenvalue weighted by Gasteiger charge is -2.08. The maximum absolute atomic E-state index is 12.8. The topological polar surface area (TPSA) is 59.8 Å². The van der Waals surface area contributed by atoms with Gasteiger partial charge in [-0.15, -0.1) is 0 Å². The summed E-state index contributed by atoms with van der Waals surface area (Å²) in [6, 6.07) is 17.1. The fourth-order valence-electron chi connectivity index (χ4n) is 2.53. The molecular weight excluding hydrogens is 320 g/mol. The Balaban J connectivity index is 1.72. The van der Waals surface area contributed by atoms with Gasteiger partial charge in [0.15, 0.2) is 0 Å². The Bertz CT molecular complexity index is 1030. The molecular formula is C18H14N4OS. The van der Waals surface area contributed by atoms with E-state index in [0.29, 0.717) is 17.4 Å². The third-order valence-electron chi connectivity index (χ3n) is 3.75. The van der Waals surface area contributed by atoms with E-state index in [0.717, 1.165) is 16.3 Å². The van der Waals surface area contributed by atoms with Crippen molar-refractivity contribution in [3.05, 3.63) is 82.4 Å². The van der Waals surface area contributed by atoms with Gasteiger partial charge in [-0.25, -0.2) is 9.36 Å².